The van der Waals surface area contributed by atoms with Crippen LogP contribution in [-0.2, 0) is 6.42 Å². The summed E-state index contributed by atoms with van der Waals surface area (Å²) in [5.41, 5.74) is 1.84. The molecule has 4 nitrogen and oxygen atoms in total. The molecule has 1 N–H and O–H groups in total. The highest BCUT2D eigenvalue weighted by molar-refractivity contribution is 6.31. The molecule has 0 spiro atoms. The molecule has 20 heavy (non-hydrogen) atoms. The van der Waals surface area contributed by atoms with Crippen LogP contribution in [0.4, 0.5) is 5.69 Å². The van der Waals surface area contributed by atoms with Gasteiger partial charge in [0.1, 0.15) is 0 Å². The highest BCUT2D eigenvalue weighted by Gasteiger charge is 2.14. The molecule has 0 bridgehead atoms. The Hall–Kier alpha value is -2.07. The lowest BCUT2D eigenvalue weighted by Crippen LogP contribution is -2.23. The van der Waals surface area contributed by atoms with Gasteiger partial charge in [-0.15, -0.1) is 0 Å². The molecular formula is C15H15ClN2O2. The average Bonchev–Trinajstić information content (AvgIpc) is 2.45. The fourth-order valence-electron chi connectivity index (χ4n) is 1.96. The molecule has 0 saturated heterocycles. The number of anilines is 1. The number of hydrogen-bond acceptors (Lipinski definition) is 3. The van der Waals surface area contributed by atoms with E-state index in [1.54, 1.807) is 18.3 Å². The summed E-state index contributed by atoms with van der Waals surface area (Å²) in [4.78, 5) is 17.4. The molecule has 1 heterocycles. The Morgan fingerprint density at radius 2 is 2.15 bits per heavy atom. The quantitative estimate of drug-likeness (QED) is 0.919. The number of halogens is 1. The van der Waals surface area contributed by atoms with E-state index in [0.717, 1.165) is 12.1 Å². The molecule has 1 aromatic carbocycles. The number of carboxylic acids is 1. The van der Waals surface area contributed by atoms with Crippen LogP contribution in [0, 0.1) is 0 Å². The van der Waals surface area contributed by atoms with Crippen molar-refractivity contribution in [1.29, 1.82) is 0 Å². The van der Waals surface area contributed by atoms with E-state index in [1.165, 1.54) is 6.07 Å². The third-order valence-corrected chi connectivity index (χ3v) is 3.26. The van der Waals surface area contributed by atoms with Crippen molar-refractivity contribution in [1.82, 2.24) is 4.98 Å². The summed E-state index contributed by atoms with van der Waals surface area (Å²) < 4.78 is 0. The van der Waals surface area contributed by atoms with Gasteiger partial charge in [0.2, 0.25) is 0 Å². The first-order chi connectivity index (χ1) is 9.58. The van der Waals surface area contributed by atoms with Crippen molar-refractivity contribution < 1.29 is 9.90 Å². The van der Waals surface area contributed by atoms with E-state index in [0.29, 0.717) is 17.3 Å². The first-order valence-electron chi connectivity index (χ1n) is 6.22. The second-order valence-electron chi connectivity index (χ2n) is 4.46. The van der Waals surface area contributed by atoms with Crippen LogP contribution in [0.15, 0.2) is 42.6 Å². The maximum absolute atomic E-state index is 11.3. The Balaban J connectivity index is 2.13. The van der Waals surface area contributed by atoms with Crippen LogP contribution < -0.4 is 4.90 Å². The van der Waals surface area contributed by atoms with E-state index in [9.17, 15) is 9.90 Å². The van der Waals surface area contributed by atoms with Crippen LogP contribution >= 0.6 is 11.6 Å². The minimum atomic E-state index is -0.979. The van der Waals surface area contributed by atoms with E-state index in [1.807, 2.05) is 30.1 Å². The fraction of sp³-hybridized carbons (Fsp3) is 0.200. The third kappa shape index (κ3) is 3.48. The Morgan fingerprint density at radius 1 is 1.35 bits per heavy atom. The van der Waals surface area contributed by atoms with Crippen LogP contribution in [0.1, 0.15) is 16.1 Å². The van der Waals surface area contributed by atoms with Crippen molar-refractivity contribution in [3.8, 4) is 0 Å². The van der Waals surface area contributed by atoms with Gasteiger partial charge in [-0.05, 0) is 30.3 Å². The van der Waals surface area contributed by atoms with Gasteiger partial charge in [-0.25, -0.2) is 4.79 Å². The lowest BCUT2D eigenvalue weighted by Gasteiger charge is -2.21. The van der Waals surface area contributed by atoms with Crippen LogP contribution in [0.25, 0.3) is 0 Å². The molecule has 0 fully saturated rings. The third-order valence-electron chi connectivity index (χ3n) is 3.03. The van der Waals surface area contributed by atoms with Gasteiger partial charge in [-0.3, -0.25) is 4.98 Å². The van der Waals surface area contributed by atoms with Gasteiger partial charge in [-0.2, -0.15) is 0 Å². The number of likely N-dealkylation sites (N-methyl/N-ethyl adjacent to an activating group) is 1. The Bertz CT molecular complexity index is 602. The highest BCUT2D eigenvalue weighted by Crippen LogP contribution is 2.23. The van der Waals surface area contributed by atoms with E-state index in [4.69, 9.17) is 11.6 Å². The van der Waals surface area contributed by atoms with Gasteiger partial charge < -0.3 is 10.0 Å². The molecule has 0 aliphatic rings. The molecule has 0 aliphatic heterocycles. The van der Waals surface area contributed by atoms with Gasteiger partial charge in [0.05, 0.1) is 11.3 Å². The summed E-state index contributed by atoms with van der Waals surface area (Å²) in [5, 5.41) is 9.65. The molecule has 2 rings (SSSR count). The summed E-state index contributed by atoms with van der Waals surface area (Å²) >= 11 is 5.85. The Labute approximate surface area is 122 Å². The van der Waals surface area contributed by atoms with E-state index >= 15 is 0 Å². The molecule has 0 unspecified atom stereocenters. The van der Waals surface area contributed by atoms with Crippen molar-refractivity contribution in [3.63, 3.8) is 0 Å². The standard InChI is InChI=1S/C15H15ClN2O2/c1-18(9-7-12-4-2-3-8-17-12)14-6-5-11(16)10-13(14)15(19)20/h2-6,8,10H,7,9H2,1H3,(H,19,20). The number of benzene rings is 1. The minimum absolute atomic E-state index is 0.209. The van der Waals surface area contributed by atoms with Crippen LogP contribution in [0.3, 0.4) is 0 Å². The van der Waals surface area contributed by atoms with E-state index in [-0.39, 0.29) is 5.56 Å². The smallest absolute Gasteiger partial charge is 0.337 e. The first kappa shape index (κ1) is 14.3. The summed E-state index contributed by atoms with van der Waals surface area (Å²) in [6.07, 6.45) is 2.50. The van der Waals surface area contributed by atoms with Gasteiger partial charge >= 0.3 is 5.97 Å². The predicted molar refractivity (Wildman–Crippen MR) is 79.6 cm³/mol. The fourth-order valence-corrected chi connectivity index (χ4v) is 2.13. The maximum Gasteiger partial charge on any atom is 0.337 e. The monoisotopic (exact) mass is 290 g/mol. The van der Waals surface area contributed by atoms with Crippen molar-refractivity contribution in [2.24, 2.45) is 0 Å². The molecule has 0 saturated carbocycles. The van der Waals surface area contributed by atoms with Crippen LogP contribution in [0.5, 0.6) is 0 Å². The van der Waals surface area contributed by atoms with Crippen LogP contribution in [0.2, 0.25) is 5.02 Å². The lowest BCUT2D eigenvalue weighted by molar-refractivity contribution is 0.0697. The number of hydrogen-bond donors (Lipinski definition) is 1. The molecule has 104 valence electrons. The number of pyridine rings is 1. The second kappa shape index (κ2) is 6.39. The molecule has 0 radical (unpaired) electrons. The topological polar surface area (TPSA) is 53.4 Å². The van der Waals surface area contributed by atoms with Gasteiger partial charge in [0.25, 0.3) is 0 Å². The van der Waals surface area contributed by atoms with Crippen molar-refractivity contribution in [2.75, 3.05) is 18.5 Å². The zero-order valence-corrected chi connectivity index (χ0v) is 11.8. The highest BCUT2D eigenvalue weighted by atomic mass is 35.5. The summed E-state index contributed by atoms with van der Waals surface area (Å²) in [7, 11) is 1.86. The number of carboxylic acid groups (broad SMARTS) is 1. The summed E-state index contributed by atoms with van der Waals surface area (Å²) in [6, 6.07) is 10.7. The van der Waals surface area contributed by atoms with Crippen LogP contribution in [-0.4, -0.2) is 29.7 Å². The first-order valence-corrected chi connectivity index (χ1v) is 6.59. The number of nitrogens with zero attached hydrogens (tertiary/aromatic N) is 2. The number of aromatic nitrogens is 1. The Morgan fingerprint density at radius 3 is 2.80 bits per heavy atom. The van der Waals surface area contributed by atoms with Crippen molar-refractivity contribution in [2.45, 2.75) is 6.42 Å². The van der Waals surface area contributed by atoms with E-state index < -0.39 is 5.97 Å². The van der Waals surface area contributed by atoms with Gasteiger partial charge in [0, 0.05) is 36.9 Å². The van der Waals surface area contributed by atoms with E-state index in [2.05, 4.69) is 4.98 Å². The number of aromatic carboxylic acids is 1. The largest absolute Gasteiger partial charge is 0.478 e. The summed E-state index contributed by atoms with van der Waals surface area (Å²) in [6.45, 7) is 0.679. The maximum atomic E-state index is 11.3. The molecule has 5 heteroatoms. The van der Waals surface area contributed by atoms with Gasteiger partial charge in [-0.1, -0.05) is 17.7 Å². The lowest BCUT2D eigenvalue weighted by atomic mass is 10.1. The summed E-state index contributed by atoms with van der Waals surface area (Å²) in [5.74, 6) is -0.979. The molecule has 2 aromatic rings. The number of rotatable bonds is 5. The van der Waals surface area contributed by atoms with Gasteiger partial charge in [0.15, 0.2) is 0 Å². The normalized spacial score (nSPS) is 10.3. The average molecular weight is 291 g/mol. The minimum Gasteiger partial charge on any atom is -0.478 e. The van der Waals surface area contributed by atoms with Crippen molar-refractivity contribution >= 4 is 23.3 Å². The molecule has 0 atom stereocenters. The SMILES string of the molecule is CN(CCc1ccccn1)c1ccc(Cl)cc1C(=O)O. The Kier molecular flexibility index (Phi) is 4.58. The second-order valence-corrected chi connectivity index (χ2v) is 4.90. The van der Waals surface area contributed by atoms with Crippen molar-refractivity contribution in [3.05, 3.63) is 58.9 Å². The zero-order valence-electron chi connectivity index (χ0n) is 11.1. The molecule has 0 aliphatic carbocycles. The number of carbonyl (C=O) groups is 1. The predicted octanol–water partition coefficient (Wildman–Crippen LogP) is 3.11. The molecular weight excluding hydrogens is 276 g/mol. The molecule has 0 amide bonds. The zero-order chi connectivity index (χ0) is 14.5. The molecule has 1 aromatic heterocycles.